The number of carbonyl (C=O) groups excluding carboxylic acids is 1. The molecule has 3 nitrogen and oxygen atoms in total. The Bertz CT molecular complexity index is 622. The van der Waals surface area contributed by atoms with E-state index >= 15 is 0 Å². The van der Waals surface area contributed by atoms with E-state index in [1.54, 1.807) is 6.07 Å². The number of nitrogens with two attached hydrogens (primary N) is 1. The van der Waals surface area contributed by atoms with E-state index in [2.05, 4.69) is 5.32 Å². The van der Waals surface area contributed by atoms with Crippen LogP contribution in [0, 0.1) is 5.92 Å². The van der Waals surface area contributed by atoms with Crippen molar-refractivity contribution in [3.05, 3.63) is 45.8 Å². The third-order valence-electron chi connectivity index (χ3n) is 2.92. The first-order valence-electron chi connectivity index (χ1n) is 6.40. The molecule has 3 N–H and O–H groups in total. The third kappa shape index (κ3) is 3.32. The highest BCUT2D eigenvalue weighted by atomic mass is 35.5. The van der Waals surface area contributed by atoms with Crippen molar-refractivity contribution < 1.29 is 4.79 Å². The predicted octanol–water partition coefficient (Wildman–Crippen LogP) is 4.43. The van der Waals surface area contributed by atoms with Crippen molar-refractivity contribution in [2.45, 2.75) is 20.4 Å². The van der Waals surface area contributed by atoms with E-state index in [0.717, 1.165) is 15.6 Å². The van der Waals surface area contributed by atoms with Crippen molar-refractivity contribution >= 4 is 39.4 Å². The second kappa shape index (κ2) is 6.29. The van der Waals surface area contributed by atoms with Crippen LogP contribution in [0.1, 0.15) is 29.1 Å². The van der Waals surface area contributed by atoms with Gasteiger partial charge in [0.25, 0.3) is 0 Å². The molecule has 0 aliphatic rings. The van der Waals surface area contributed by atoms with Crippen molar-refractivity contribution in [1.82, 2.24) is 0 Å². The molecule has 0 fully saturated rings. The number of hydrogen-bond donors (Lipinski definition) is 2. The molecule has 0 bridgehead atoms. The number of halogens is 1. The smallest absolute Gasteiger partial charge is 0.177 e. The van der Waals surface area contributed by atoms with Gasteiger partial charge in [-0.1, -0.05) is 43.6 Å². The number of hydrogen-bond acceptors (Lipinski definition) is 4. The van der Waals surface area contributed by atoms with Crippen molar-refractivity contribution in [1.29, 1.82) is 0 Å². The van der Waals surface area contributed by atoms with Crippen LogP contribution in [-0.2, 0) is 6.54 Å². The molecule has 0 radical (unpaired) electrons. The lowest BCUT2D eigenvalue weighted by molar-refractivity contribution is 0.0944. The molecule has 1 aromatic heterocycles. The molecule has 0 aliphatic heterocycles. The van der Waals surface area contributed by atoms with E-state index in [0.29, 0.717) is 17.1 Å². The Balaban J connectivity index is 2.10. The van der Waals surface area contributed by atoms with Gasteiger partial charge in [0.15, 0.2) is 5.78 Å². The Hall–Kier alpha value is -1.52. The molecule has 1 aromatic carbocycles. The average molecular weight is 309 g/mol. The van der Waals surface area contributed by atoms with E-state index in [1.165, 1.54) is 11.3 Å². The standard InChI is InChI=1S/C15H17ClN2OS/c1-9(2)14(19)15-12(17)7-13(20-15)18-8-10-5-3-4-6-11(10)16/h3-7,9,18H,8,17H2,1-2H3. The largest absolute Gasteiger partial charge is 0.397 e. The van der Waals surface area contributed by atoms with Crippen LogP contribution in [0.5, 0.6) is 0 Å². The average Bonchev–Trinajstić information content (AvgIpc) is 2.78. The molecule has 0 aliphatic carbocycles. The first-order chi connectivity index (χ1) is 9.49. The highest BCUT2D eigenvalue weighted by Gasteiger charge is 2.17. The molecular formula is C15H17ClN2OS. The summed E-state index contributed by atoms with van der Waals surface area (Å²) in [5, 5.41) is 4.86. The number of benzene rings is 1. The topological polar surface area (TPSA) is 55.1 Å². The lowest BCUT2D eigenvalue weighted by atomic mass is 10.1. The summed E-state index contributed by atoms with van der Waals surface area (Å²) in [6, 6.07) is 9.46. The monoisotopic (exact) mass is 308 g/mol. The summed E-state index contributed by atoms with van der Waals surface area (Å²) in [5.41, 5.74) is 7.45. The van der Waals surface area contributed by atoms with E-state index in [1.807, 2.05) is 38.1 Å². The molecule has 20 heavy (non-hydrogen) atoms. The normalized spacial score (nSPS) is 10.8. The summed E-state index contributed by atoms with van der Waals surface area (Å²) in [6.07, 6.45) is 0. The van der Waals surface area contributed by atoms with Crippen LogP contribution in [0.3, 0.4) is 0 Å². The van der Waals surface area contributed by atoms with Crippen molar-refractivity contribution in [3.63, 3.8) is 0 Å². The molecule has 2 rings (SSSR count). The highest BCUT2D eigenvalue weighted by molar-refractivity contribution is 7.18. The Morgan fingerprint density at radius 2 is 2.10 bits per heavy atom. The summed E-state index contributed by atoms with van der Waals surface area (Å²) >= 11 is 7.50. The summed E-state index contributed by atoms with van der Waals surface area (Å²) < 4.78 is 0. The van der Waals surface area contributed by atoms with E-state index in [4.69, 9.17) is 17.3 Å². The van der Waals surface area contributed by atoms with Crippen LogP contribution < -0.4 is 11.1 Å². The third-order valence-corrected chi connectivity index (χ3v) is 4.41. The Morgan fingerprint density at radius 1 is 1.40 bits per heavy atom. The fourth-order valence-electron chi connectivity index (χ4n) is 1.77. The van der Waals surface area contributed by atoms with Gasteiger partial charge in [-0.15, -0.1) is 11.3 Å². The van der Waals surface area contributed by atoms with Crippen molar-refractivity contribution in [2.24, 2.45) is 5.92 Å². The van der Waals surface area contributed by atoms with E-state index in [-0.39, 0.29) is 11.7 Å². The first kappa shape index (κ1) is 14.9. The first-order valence-corrected chi connectivity index (χ1v) is 7.59. The molecule has 2 aromatic rings. The van der Waals surface area contributed by atoms with Crippen LogP contribution >= 0.6 is 22.9 Å². The molecule has 5 heteroatoms. The SMILES string of the molecule is CC(C)C(=O)c1sc(NCc2ccccc2Cl)cc1N. The minimum absolute atomic E-state index is 0.0487. The number of thiophene rings is 1. The van der Waals surface area contributed by atoms with Gasteiger partial charge in [-0.25, -0.2) is 0 Å². The minimum atomic E-state index is -0.0487. The molecule has 1 heterocycles. The maximum atomic E-state index is 12.0. The maximum Gasteiger partial charge on any atom is 0.177 e. The Morgan fingerprint density at radius 3 is 2.75 bits per heavy atom. The lowest BCUT2D eigenvalue weighted by Crippen LogP contribution is -2.07. The molecule has 0 amide bonds. The number of carbonyl (C=O) groups is 1. The number of nitrogen functional groups attached to an aromatic ring is 1. The Labute approximate surface area is 127 Å². The number of anilines is 2. The minimum Gasteiger partial charge on any atom is -0.397 e. The quantitative estimate of drug-likeness (QED) is 0.803. The molecular weight excluding hydrogens is 292 g/mol. The van der Waals surface area contributed by atoms with Crippen molar-refractivity contribution in [2.75, 3.05) is 11.1 Å². The van der Waals surface area contributed by atoms with Crippen LogP contribution in [0.2, 0.25) is 5.02 Å². The van der Waals surface area contributed by atoms with Crippen LogP contribution in [0.25, 0.3) is 0 Å². The molecule has 0 unspecified atom stereocenters. The van der Waals surface area contributed by atoms with Crippen molar-refractivity contribution in [3.8, 4) is 0 Å². The zero-order valence-corrected chi connectivity index (χ0v) is 13.0. The van der Waals surface area contributed by atoms with Gasteiger partial charge >= 0.3 is 0 Å². The van der Waals surface area contributed by atoms with Gasteiger partial charge in [0.1, 0.15) is 0 Å². The molecule has 0 saturated carbocycles. The number of ketones is 1. The van der Waals surface area contributed by atoms with Gasteiger partial charge in [0.05, 0.1) is 15.6 Å². The fraction of sp³-hybridized carbons (Fsp3) is 0.267. The predicted molar refractivity (Wildman–Crippen MR) is 86.7 cm³/mol. The second-order valence-electron chi connectivity index (χ2n) is 4.86. The number of Topliss-reactive ketones (excluding diaryl/α,β-unsaturated/α-hetero) is 1. The summed E-state index contributed by atoms with van der Waals surface area (Å²) in [6.45, 7) is 4.35. The molecule has 0 atom stereocenters. The van der Waals surface area contributed by atoms with E-state index in [9.17, 15) is 4.79 Å². The van der Waals surface area contributed by atoms with Crippen LogP contribution in [-0.4, -0.2) is 5.78 Å². The van der Waals surface area contributed by atoms with E-state index < -0.39 is 0 Å². The van der Waals surface area contributed by atoms with Gasteiger partial charge in [-0.05, 0) is 17.7 Å². The number of nitrogens with one attached hydrogen (secondary N) is 1. The van der Waals surface area contributed by atoms with Gasteiger partial charge in [-0.3, -0.25) is 4.79 Å². The zero-order chi connectivity index (χ0) is 14.7. The summed E-state index contributed by atoms with van der Waals surface area (Å²) in [7, 11) is 0. The van der Waals surface area contributed by atoms with Gasteiger partial charge in [0.2, 0.25) is 0 Å². The van der Waals surface area contributed by atoms with Gasteiger partial charge < -0.3 is 11.1 Å². The Kier molecular flexibility index (Phi) is 4.68. The lowest BCUT2D eigenvalue weighted by Gasteiger charge is -2.05. The fourth-order valence-corrected chi connectivity index (χ4v) is 3.04. The summed E-state index contributed by atoms with van der Waals surface area (Å²) in [4.78, 5) is 12.6. The molecule has 0 saturated heterocycles. The second-order valence-corrected chi connectivity index (χ2v) is 6.32. The van der Waals surface area contributed by atoms with Crippen LogP contribution in [0.15, 0.2) is 30.3 Å². The summed E-state index contributed by atoms with van der Waals surface area (Å²) in [5.74, 6) is 0.0330. The van der Waals surface area contributed by atoms with Gasteiger partial charge in [0, 0.05) is 17.5 Å². The highest BCUT2D eigenvalue weighted by Crippen LogP contribution is 2.31. The molecule has 106 valence electrons. The van der Waals surface area contributed by atoms with Gasteiger partial charge in [-0.2, -0.15) is 0 Å². The maximum absolute atomic E-state index is 12.0. The van der Waals surface area contributed by atoms with Crippen LogP contribution in [0.4, 0.5) is 10.7 Å². The zero-order valence-electron chi connectivity index (χ0n) is 11.4. The number of rotatable bonds is 5. The molecule has 0 spiro atoms.